The van der Waals surface area contributed by atoms with Crippen LogP contribution in [0.2, 0.25) is 0 Å². The first-order chi connectivity index (χ1) is 14.0. The van der Waals surface area contributed by atoms with Gasteiger partial charge in [-0.3, -0.25) is 10.1 Å². The van der Waals surface area contributed by atoms with Crippen molar-refractivity contribution in [2.45, 2.75) is 63.4 Å². The van der Waals surface area contributed by atoms with Crippen LogP contribution >= 0.6 is 11.3 Å². The molecule has 1 atom stereocenters. The third kappa shape index (κ3) is 5.33. The Morgan fingerprint density at radius 3 is 2.62 bits per heavy atom. The molecule has 2 aromatic rings. The lowest BCUT2D eigenvalue weighted by atomic mass is 10.2. The van der Waals surface area contributed by atoms with Gasteiger partial charge in [-0.1, -0.05) is 38.0 Å². The fourth-order valence-corrected chi connectivity index (χ4v) is 5.79. The molecule has 2 heterocycles. The van der Waals surface area contributed by atoms with Gasteiger partial charge < -0.3 is 4.74 Å². The van der Waals surface area contributed by atoms with Crippen LogP contribution in [-0.2, 0) is 19.6 Å². The number of rotatable bonds is 10. The normalized spacial score (nSPS) is 17.3. The Balaban J connectivity index is 1.80. The molecule has 29 heavy (non-hydrogen) atoms. The van der Waals surface area contributed by atoms with Crippen LogP contribution in [0.4, 0.5) is 5.13 Å². The predicted octanol–water partition coefficient (Wildman–Crippen LogP) is 4.00. The van der Waals surface area contributed by atoms with Gasteiger partial charge >= 0.3 is 0 Å². The van der Waals surface area contributed by atoms with Crippen molar-refractivity contribution < 1.29 is 17.9 Å². The summed E-state index contributed by atoms with van der Waals surface area (Å²) in [4.78, 5) is 16.9. The first-order valence-corrected chi connectivity index (χ1v) is 12.5. The lowest BCUT2D eigenvalue weighted by Gasteiger charge is -2.21. The van der Waals surface area contributed by atoms with Gasteiger partial charge in [-0.2, -0.15) is 4.31 Å². The zero-order chi connectivity index (χ0) is 20.9. The second-order valence-electron chi connectivity index (χ2n) is 7.25. The number of benzene rings is 1. The number of unbranched alkanes of at least 4 members (excludes halogenated alkanes) is 2. The number of amides is 1. The molecule has 7 nitrogen and oxygen atoms in total. The number of thiazole rings is 1. The van der Waals surface area contributed by atoms with Crippen molar-refractivity contribution in [3.63, 3.8) is 0 Å². The van der Waals surface area contributed by atoms with Gasteiger partial charge in [0.2, 0.25) is 10.0 Å². The molecule has 1 aliphatic rings. The third-order valence-electron chi connectivity index (χ3n) is 4.97. The molecule has 160 valence electrons. The van der Waals surface area contributed by atoms with Crippen molar-refractivity contribution >= 4 is 42.6 Å². The molecule has 0 radical (unpaired) electrons. The Kier molecular flexibility index (Phi) is 7.61. The van der Waals surface area contributed by atoms with E-state index >= 15 is 0 Å². The summed E-state index contributed by atoms with van der Waals surface area (Å²) in [5.41, 5.74) is 0.672. The highest BCUT2D eigenvalue weighted by Gasteiger charge is 2.26. The molecule has 3 rings (SSSR count). The fourth-order valence-electron chi connectivity index (χ4n) is 3.26. The number of ether oxygens (including phenoxy) is 1. The quantitative estimate of drug-likeness (QED) is 0.604. The summed E-state index contributed by atoms with van der Waals surface area (Å²) in [7, 11) is -3.56. The maximum Gasteiger partial charge on any atom is 0.255 e. The van der Waals surface area contributed by atoms with Crippen molar-refractivity contribution in [3.8, 4) is 0 Å². The Morgan fingerprint density at radius 2 is 2.00 bits per heavy atom. The number of carbonyl (C=O) groups excluding carboxylic acids is 1. The molecule has 1 saturated heterocycles. The van der Waals surface area contributed by atoms with Crippen LogP contribution < -0.4 is 5.32 Å². The average molecular weight is 440 g/mol. The van der Waals surface area contributed by atoms with Gasteiger partial charge in [0.05, 0.1) is 15.1 Å². The van der Waals surface area contributed by atoms with Gasteiger partial charge in [0.15, 0.2) is 5.13 Å². The highest BCUT2D eigenvalue weighted by atomic mass is 32.2. The summed E-state index contributed by atoms with van der Waals surface area (Å²) in [5.74, 6) is -0.195. The number of nitrogens with one attached hydrogen (secondary N) is 1. The smallest absolute Gasteiger partial charge is 0.255 e. The molecular formula is C20H29N3O4S2. The molecular weight excluding hydrogens is 410 g/mol. The minimum atomic E-state index is -3.56. The van der Waals surface area contributed by atoms with Crippen molar-refractivity contribution in [3.05, 3.63) is 18.2 Å². The number of sulfonamides is 1. The molecule has 1 fully saturated rings. The van der Waals surface area contributed by atoms with Crippen LogP contribution in [0.1, 0.15) is 52.4 Å². The molecule has 1 N–H and O–H groups in total. The lowest BCUT2D eigenvalue weighted by molar-refractivity contribution is -0.124. The second-order valence-corrected chi connectivity index (χ2v) is 10.2. The minimum Gasteiger partial charge on any atom is -0.368 e. The van der Waals surface area contributed by atoms with Crippen LogP contribution in [0.5, 0.6) is 0 Å². The van der Waals surface area contributed by atoms with Crippen LogP contribution in [0.25, 0.3) is 10.2 Å². The van der Waals surface area contributed by atoms with Crippen LogP contribution in [0.3, 0.4) is 0 Å². The van der Waals surface area contributed by atoms with E-state index in [1.165, 1.54) is 11.3 Å². The molecule has 1 aromatic carbocycles. The van der Waals surface area contributed by atoms with Crippen molar-refractivity contribution in [1.29, 1.82) is 0 Å². The average Bonchev–Trinajstić information content (AvgIpc) is 3.36. The number of hydrogen-bond donors (Lipinski definition) is 1. The van der Waals surface area contributed by atoms with Gasteiger partial charge in [-0.05, 0) is 43.9 Å². The molecule has 1 unspecified atom stereocenters. The van der Waals surface area contributed by atoms with E-state index in [2.05, 4.69) is 24.1 Å². The van der Waals surface area contributed by atoms with Crippen molar-refractivity contribution in [1.82, 2.24) is 9.29 Å². The Hall–Kier alpha value is -1.55. The fraction of sp³-hybridized carbons (Fsp3) is 0.600. The van der Waals surface area contributed by atoms with E-state index in [0.29, 0.717) is 36.8 Å². The van der Waals surface area contributed by atoms with Crippen molar-refractivity contribution in [2.75, 3.05) is 25.0 Å². The number of carbonyl (C=O) groups is 1. The van der Waals surface area contributed by atoms with E-state index in [1.807, 2.05) is 0 Å². The summed E-state index contributed by atoms with van der Waals surface area (Å²) < 4.78 is 34.1. The number of hydrogen-bond acceptors (Lipinski definition) is 6. The molecule has 1 aromatic heterocycles. The van der Waals surface area contributed by atoms with Crippen LogP contribution in [0, 0.1) is 0 Å². The van der Waals surface area contributed by atoms with E-state index in [4.69, 9.17) is 4.74 Å². The zero-order valence-electron chi connectivity index (χ0n) is 17.0. The summed E-state index contributed by atoms with van der Waals surface area (Å²) in [6, 6.07) is 4.97. The van der Waals surface area contributed by atoms with Gasteiger partial charge in [0.25, 0.3) is 5.91 Å². The molecule has 0 spiro atoms. The maximum absolute atomic E-state index is 13.2. The van der Waals surface area contributed by atoms with E-state index in [0.717, 1.165) is 36.8 Å². The van der Waals surface area contributed by atoms with Gasteiger partial charge in [-0.25, -0.2) is 13.4 Å². The first kappa shape index (κ1) is 22.1. The van der Waals surface area contributed by atoms with Crippen molar-refractivity contribution in [2.24, 2.45) is 0 Å². The largest absolute Gasteiger partial charge is 0.368 e. The van der Waals surface area contributed by atoms with E-state index in [-0.39, 0.29) is 10.8 Å². The SMILES string of the molecule is CCCCN(CCCC)S(=O)(=O)c1ccc2nc(NC(=O)C3CCCO3)sc2c1. The molecule has 1 aliphatic heterocycles. The number of aromatic nitrogens is 1. The minimum absolute atomic E-state index is 0.195. The summed E-state index contributed by atoms with van der Waals surface area (Å²) in [6.45, 7) is 5.77. The Bertz CT molecular complexity index is 928. The summed E-state index contributed by atoms with van der Waals surface area (Å²) in [5, 5.41) is 3.26. The third-order valence-corrected chi connectivity index (χ3v) is 7.80. The van der Waals surface area contributed by atoms with E-state index < -0.39 is 16.1 Å². The monoisotopic (exact) mass is 439 g/mol. The Labute approximate surface area is 176 Å². The first-order valence-electron chi connectivity index (χ1n) is 10.3. The second kappa shape index (κ2) is 9.97. The maximum atomic E-state index is 13.2. The predicted molar refractivity (Wildman–Crippen MR) is 116 cm³/mol. The van der Waals surface area contributed by atoms with E-state index in [9.17, 15) is 13.2 Å². The topological polar surface area (TPSA) is 88.6 Å². The lowest BCUT2D eigenvalue weighted by Crippen LogP contribution is -2.33. The number of fused-ring (bicyclic) bond motifs is 1. The highest BCUT2D eigenvalue weighted by Crippen LogP contribution is 2.30. The molecule has 1 amide bonds. The van der Waals surface area contributed by atoms with Gasteiger partial charge in [-0.15, -0.1) is 0 Å². The van der Waals surface area contributed by atoms with Crippen LogP contribution in [-0.4, -0.2) is 49.4 Å². The Morgan fingerprint density at radius 1 is 1.28 bits per heavy atom. The zero-order valence-corrected chi connectivity index (χ0v) is 18.7. The summed E-state index contributed by atoms with van der Waals surface area (Å²) in [6.07, 6.45) is 4.73. The van der Waals surface area contributed by atoms with E-state index in [1.54, 1.807) is 22.5 Å². The highest BCUT2D eigenvalue weighted by molar-refractivity contribution is 7.89. The molecule has 0 aliphatic carbocycles. The van der Waals surface area contributed by atoms with Gasteiger partial charge in [0.1, 0.15) is 6.10 Å². The molecule has 9 heteroatoms. The van der Waals surface area contributed by atoms with Gasteiger partial charge in [0, 0.05) is 19.7 Å². The molecule has 0 saturated carbocycles. The standard InChI is InChI=1S/C20H29N3O4S2/c1-3-5-11-23(12-6-4-2)29(25,26)15-9-10-16-18(14-15)28-20(21-16)22-19(24)17-8-7-13-27-17/h9-10,14,17H,3-8,11-13H2,1-2H3,(H,21,22,24). The van der Waals surface area contributed by atoms with Crippen LogP contribution in [0.15, 0.2) is 23.1 Å². The number of nitrogens with zero attached hydrogens (tertiary/aromatic N) is 2. The number of anilines is 1. The summed E-state index contributed by atoms with van der Waals surface area (Å²) >= 11 is 1.28. The molecule has 0 bridgehead atoms.